The van der Waals surface area contributed by atoms with E-state index in [0.29, 0.717) is 17.5 Å². The van der Waals surface area contributed by atoms with E-state index in [1.165, 1.54) is 18.4 Å². The molecule has 0 radical (unpaired) electrons. The Morgan fingerprint density at radius 3 is 2.84 bits per heavy atom. The Balaban J connectivity index is 2.21. The monoisotopic (exact) mass is 279 g/mol. The Labute approximate surface area is 120 Å². The number of thiocarbonyl (C=S) groups is 1. The maximum Gasteiger partial charge on any atom is 0.224 e. The molecule has 104 valence electrons. The molecule has 0 saturated heterocycles. The minimum atomic E-state index is 0.362. The molecule has 0 aliphatic heterocycles. The molecule has 2 N–H and O–H groups in total. The van der Waals surface area contributed by atoms with Crippen molar-refractivity contribution >= 4 is 17.2 Å². The molecular formula is C14H21N3OS. The van der Waals surface area contributed by atoms with E-state index in [2.05, 4.69) is 16.0 Å². The molecule has 1 aromatic heterocycles. The lowest BCUT2D eigenvalue weighted by molar-refractivity contribution is 0.252. The molecule has 0 unspecified atom stereocenters. The Bertz CT molecular complexity index is 474. The Hall–Kier alpha value is -1.20. The second-order valence-electron chi connectivity index (χ2n) is 5.17. The van der Waals surface area contributed by atoms with E-state index in [1.54, 1.807) is 0 Å². The van der Waals surface area contributed by atoms with E-state index in [-0.39, 0.29) is 0 Å². The summed E-state index contributed by atoms with van der Waals surface area (Å²) >= 11 is 5.10. The van der Waals surface area contributed by atoms with Gasteiger partial charge in [0.1, 0.15) is 11.6 Å². The first-order valence-electron chi connectivity index (χ1n) is 6.68. The van der Waals surface area contributed by atoms with Crippen molar-refractivity contribution in [2.24, 2.45) is 5.73 Å². The molecule has 19 heavy (non-hydrogen) atoms. The number of rotatable bonds is 5. The molecule has 2 rings (SSSR count). The normalized spacial score (nSPS) is 14.3. The third kappa shape index (κ3) is 3.64. The maximum atomic E-state index is 5.78. The van der Waals surface area contributed by atoms with Gasteiger partial charge in [-0.2, -0.15) is 0 Å². The lowest BCUT2D eigenvalue weighted by atomic mass is 9.95. The number of hydrogen-bond acceptors (Lipinski definition) is 4. The molecule has 0 amide bonds. The van der Waals surface area contributed by atoms with Crippen molar-refractivity contribution in [2.45, 2.75) is 25.7 Å². The molecular weight excluding hydrogens is 258 g/mol. The molecule has 1 aliphatic carbocycles. The molecule has 0 bridgehead atoms. The van der Waals surface area contributed by atoms with Gasteiger partial charge in [-0.15, -0.1) is 0 Å². The van der Waals surface area contributed by atoms with Gasteiger partial charge in [0.25, 0.3) is 0 Å². The van der Waals surface area contributed by atoms with E-state index < -0.39 is 0 Å². The van der Waals surface area contributed by atoms with Crippen LogP contribution in [0.4, 0.5) is 0 Å². The van der Waals surface area contributed by atoms with Gasteiger partial charge in [0, 0.05) is 12.2 Å². The topological polar surface area (TPSA) is 51.4 Å². The average Bonchev–Trinajstić information content (AvgIpc) is 2.37. The number of fused-ring (bicyclic) bond motifs is 1. The van der Waals surface area contributed by atoms with Crippen LogP contribution in [0.3, 0.4) is 0 Å². The quantitative estimate of drug-likeness (QED) is 0.829. The zero-order chi connectivity index (χ0) is 13.8. The predicted octanol–water partition coefficient (Wildman–Crippen LogP) is 1.53. The van der Waals surface area contributed by atoms with Crippen LogP contribution in [0, 0.1) is 0 Å². The highest BCUT2D eigenvalue weighted by Crippen LogP contribution is 2.26. The highest BCUT2D eigenvalue weighted by Gasteiger charge is 2.17. The van der Waals surface area contributed by atoms with Gasteiger partial charge in [-0.1, -0.05) is 12.2 Å². The summed E-state index contributed by atoms with van der Waals surface area (Å²) in [6, 6.07) is 2.06. The van der Waals surface area contributed by atoms with Gasteiger partial charge in [0.05, 0.1) is 5.56 Å². The Morgan fingerprint density at radius 2 is 2.16 bits per heavy atom. The summed E-state index contributed by atoms with van der Waals surface area (Å²) in [5, 5.41) is 0. The fourth-order valence-corrected chi connectivity index (χ4v) is 2.37. The third-order valence-electron chi connectivity index (χ3n) is 3.31. The molecule has 1 aromatic rings. The molecule has 0 spiro atoms. The number of pyridine rings is 1. The second kappa shape index (κ2) is 6.30. The van der Waals surface area contributed by atoms with Crippen molar-refractivity contribution in [3.63, 3.8) is 0 Å². The Kier molecular flexibility index (Phi) is 4.71. The molecule has 0 atom stereocenters. The minimum absolute atomic E-state index is 0.362. The highest BCUT2D eigenvalue weighted by atomic mass is 32.1. The number of aryl methyl sites for hydroxylation is 2. The van der Waals surface area contributed by atoms with Crippen LogP contribution in [-0.4, -0.2) is 42.1 Å². The van der Waals surface area contributed by atoms with Crippen molar-refractivity contribution in [1.29, 1.82) is 0 Å². The van der Waals surface area contributed by atoms with Crippen molar-refractivity contribution in [2.75, 3.05) is 27.2 Å². The summed E-state index contributed by atoms with van der Waals surface area (Å²) < 4.78 is 5.76. The van der Waals surface area contributed by atoms with Crippen LogP contribution in [0.2, 0.25) is 0 Å². The number of nitrogens with two attached hydrogens (primary N) is 1. The summed E-state index contributed by atoms with van der Waals surface area (Å²) in [6.07, 6.45) is 4.50. The van der Waals surface area contributed by atoms with Gasteiger partial charge >= 0.3 is 0 Å². The van der Waals surface area contributed by atoms with Crippen LogP contribution in [0.15, 0.2) is 6.07 Å². The molecule has 0 saturated carbocycles. The van der Waals surface area contributed by atoms with Crippen molar-refractivity contribution in [3.8, 4) is 5.88 Å². The lowest BCUT2D eigenvalue weighted by Gasteiger charge is -2.19. The van der Waals surface area contributed by atoms with Crippen LogP contribution in [0.5, 0.6) is 5.88 Å². The fraction of sp³-hybridized carbons (Fsp3) is 0.571. The number of nitrogens with zero attached hydrogens (tertiary/aromatic N) is 2. The van der Waals surface area contributed by atoms with Crippen LogP contribution in [0.25, 0.3) is 0 Å². The molecule has 5 heteroatoms. The van der Waals surface area contributed by atoms with Crippen molar-refractivity contribution < 1.29 is 4.74 Å². The fourth-order valence-electron chi connectivity index (χ4n) is 2.23. The Morgan fingerprint density at radius 1 is 1.42 bits per heavy atom. The zero-order valence-electron chi connectivity index (χ0n) is 11.6. The molecule has 4 nitrogen and oxygen atoms in total. The van der Waals surface area contributed by atoms with E-state index >= 15 is 0 Å². The van der Waals surface area contributed by atoms with E-state index in [4.69, 9.17) is 22.7 Å². The molecule has 1 aliphatic rings. The van der Waals surface area contributed by atoms with Gasteiger partial charge in [-0.05, 0) is 51.4 Å². The predicted molar refractivity (Wildman–Crippen MR) is 80.8 cm³/mol. The summed E-state index contributed by atoms with van der Waals surface area (Å²) in [7, 11) is 4.02. The molecule has 0 aromatic carbocycles. The van der Waals surface area contributed by atoms with E-state index in [0.717, 1.165) is 30.6 Å². The van der Waals surface area contributed by atoms with Gasteiger partial charge < -0.3 is 15.4 Å². The first-order chi connectivity index (χ1) is 9.08. The van der Waals surface area contributed by atoms with Crippen LogP contribution in [0.1, 0.15) is 29.7 Å². The van der Waals surface area contributed by atoms with Gasteiger partial charge in [-0.25, -0.2) is 4.98 Å². The standard InChI is InChI=1S/C14H21N3OS/c1-17(2)7-8-18-14-11(13(15)19)9-10-5-3-4-6-12(10)16-14/h9H,3-8H2,1-2H3,(H2,15,19). The summed E-state index contributed by atoms with van der Waals surface area (Å²) in [5.74, 6) is 0.593. The van der Waals surface area contributed by atoms with Gasteiger partial charge in [0.15, 0.2) is 0 Å². The summed E-state index contributed by atoms with van der Waals surface area (Å²) in [4.78, 5) is 7.05. The molecule has 0 fully saturated rings. The van der Waals surface area contributed by atoms with Crippen LogP contribution in [-0.2, 0) is 12.8 Å². The first-order valence-corrected chi connectivity index (χ1v) is 7.09. The van der Waals surface area contributed by atoms with Crippen LogP contribution >= 0.6 is 12.2 Å². The highest BCUT2D eigenvalue weighted by molar-refractivity contribution is 7.80. The smallest absolute Gasteiger partial charge is 0.224 e. The van der Waals surface area contributed by atoms with Gasteiger partial charge in [-0.3, -0.25) is 0 Å². The first kappa shape index (κ1) is 14.2. The summed E-state index contributed by atoms with van der Waals surface area (Å²) in [5.41, 5.74) is 8.97. The minimum Gasteiger partial charge on any atom is -0.476 e. The number of ether oxygens (including phenoxy) is 1. The lowest BCUT2D eigenvalue weighted by Crippen LogP contribution is -2.22. The molecule has 1 heterocycles. The number of hydrogen-bond donors (Lipinski definition) is 1. The number of aromatic nitrogens is 1. The SMILES string of the molecule is CN(C)CCOc1nc2c(cc1C(N)=S)CCCC2. The van der Waals surface area contributed by atoms with Crippen molar-refractivity contribution in [1.82, 2.24) is 9.88 Å². The largest absolute Gasteiger partial charge is 0.476 e. The van der Waals surface area contributed by atoms with E-state index in [1.807, 2.05) is 14.1 Å². The average molecular weight is 279 g/mol. The van der Waals surface area contributed by atoms with Crippen molar-refractivity contribution in [3.05, 3.63) is 22.9 Å². The summed E-state index contributed by atoms with van der Waals surface area (Å²) in [6.45, 7) is 1.43. The third-order valence-corrected chi connectivity index (χ3v) is 3.53. The van der Waals surface area contributed by atoms with Crippen LogP contribution < -0.4 is 10.5 Å². The van der Waals surface area contributed by atoms with Gasteiger partial charge in [0.2, 0.25) is 5.88 Å². The zero-order valence-corrected chi connectivity index (χ0v) is 12.4. The van der Waals surface area contributed by atoms with E-state index in [9.17, 15) is 0 Å². The maximum absolute atomic E-state index is 5.78. The number of likely N-dealkylation sites (N-methyl/N-ethyl adjacent to an activating group) is 1. The second-order valence-corrected chi connectivity index (χ2v) is 5.61.